The van der Waals surface area contributed by atoms with Crippen LogP contribution < -0.4 is 11.3 Å². The Hall–Kier alpha value is -2.47. The monoisotopic (exact) mass is 312 g/mol. The van der Waals surface area contributed by atoms with E-state index in [2.05, 4.69) is 16.9 Å². The molecule has 1 atom stereocenters. The molecule has 1 aliphatic heterocycles. The highest BCUT2D eigenvalue weighted by Gasteiger charge is 2.35. The maximum absolute atomic E-state index is 12.6. The molecule has 0 bridgehead atoms. The third kappa shape index (κ3) is 3.03. The van der Waals surface area contributed by atoms with E-state index in [-0.39, 0.29) is 22.4 Å². The standard InChI is InChI=1S/C17H20N4O2/c1-17(10-18)7-9-21(11-17)16(23)12-5-6-14(20-15(12)22)13-4-2-3-8-19-13/h2-6,8H,7,9-11,18H2,1H3,(H,20,22). The number of carbonyl (C=O) groups excluding carboxylic acids is 1. The zero-order chi connectivity index (χ0) is 16.4. The highest BCUT2D eigenvalue weighted by Crippen LogP contribution is 2.29. The lowest BCUT2D eigenvalue weighted by Gasteiger charge is -2.22. The second-order valence-corrected chi connectivity index (χ2v) is 6.32. The van der Waals surface area contributed by atoms with Gasteiger partial charge in [0.25, 0.3) is 11.5 Å². The van der Waals surface area contributed by atoms with Gasteiger partial charge >= 0.3 is 0 Å². The predicted molar refractivity (Wildman–Crippen MR) is 88.0 cm³/mol. The summed E-state index contributed by atoms with van der Waals surface area (Å²) >= 11 is 0. The first-order valence-electron chi connectivity index (χ1n) is 7.66. The van der Waals surface area contributed by atoms with Crippen molar-refractivity contribution in [1.82, 2.24) is 14.9 Å². The van der Waals surface area contributed by atoms with Crippen molar-refractivity contribution in [2.24, 2.45) is 11.1 Å². The Kier molecular flexibility index (Phi) is 4.00. The molecule has 23 heavy (non-hydrogen) atoms. The third-order valence-corrected chi connectivity index (χ3v) is 4.42. The first-order valence-corrected chi connectivity index (χ1v) is 7.66. The van der Waals surface area contributed by atoms with E-state index in [1.54, 1.807) is 35.4 Å². The molecule has 120 valence electrons. The van der Waals surface area contributed by atoms with Crippen molar-refractivity contribution < 1.29 is 4.79 Å². The summed E-state index contributed by atoms with van der Waals surface area (Å²) in [7, 11) is 0. The van der Waals surface area contributed by atoms with E-state index in [1.165, 1.54) is 0 Å². The summed E-state index contributed by atoms with van der Waals surface area (Å²) in [5.74, 6) is -0.240. The number of pyridine rings is 2. The van der Waals surface area contributed by atoms with Gasteiger partial charge in [-0.2, -0.15) is 0 Å². The number of amides is 1. The second-order valence-electron chi connectivity index (χ2n) is 6.32. The van der Waals surface area contributed by atoms with Gasteiger partial charge in [0, 0.05) is 19.3 Å². The number of hydrogen-bond acceptors (Lipinski definition) is 4. The van der Waals surface area contributed by atoms with Gasteiger partial charge in [0.15, 0.2) is 0 Å². The van der Waals surface area contributed by atoms with Crippen molar-refractivity contribution in [3.8, 4) is 11.4 Å². The lowest BCUT2D eigenvalue weighted by Crippen LogP contribution is -2.36. The summed E-state index contributed by atoms with van der Waals surface area (Å²) in [6, 6.07) is 8.75. The fourth-order valence-electron chi connectivity index (χ4n) is 2.85. The van der Waals surface area contributed by atoms with Crippen LogP contribution in [0.3, 0.4) is 0 Å². The highest BCUT2D eigenvalue weighted by atomic mass is 16.2. The summed E-state index contributed by atoms with van der Waals surface area (Å²) in [4.78, 5) is 33.5. The van der Waals surface area contributed by atoms with Gasteiger partial charge in [-0.1, -0.05) is 13.0 Å². The lowest BCUT2D eigenvalue weighted by atomic mass is 9.90. The zero-order valence-corrected chi connectivity index (χ0v) is 13.1. The van der Waals surface area contributed by atoms with Crippen LogP contribution in [0.2, 0.25) is 0 Å². The van der Waals surface area contributed by atoms with Crippen LogP contribution in [-0.4, -0.2) is 40.4 Å². The van der Waals surface area contributed by atoms with Crippen LogP contribution in [0.4, 0.5) is 0 Å². The molecule has 6 nitrogen and oxygen atoms in total. The fraction of sp³-hybridized carbons (Fsp3) is 0.353. The molecule has 1 fully saturated rings. The first-order chi connectivity index (χ1) is 11.0. The van der Waals surface area contributed by atoms with E-state index in [1.807, 2.05) is 6.07 Å². The average molecular weight is 312 g/mol. The molecular formula is C17H20N4O2. The van der Waals surface area contributed by atoms with Gasteiger partial charge in [-0.3, -0.25) is 14.6 Å². The lowest BCUT2D eigenvalue weighted by molar-refractivity contribution is 0.0775. The third-order valence-electron chi connectivity index (χ3n) is 4.42. The van der Waals surface area contributed by atoms with Crippen molar-refractivity contribution in [2.75, 3.05) is 19.6 Å². The van der Waals surface area contributed by atoms with Crippen molar-refractivity contribution >= 4 is 5.91 Å². The molecule has 0 spiro atoms. The van der Waals surface area contributed by atoms with E-state index in [0.717, 1.165) is 6.42 Å². The summed E-state index contributed by atoms with van der Waals surface area (Å²) in [5, 5.41) is 0. The molecule has 0 aliphatic carbocycles. The zero-order valence-electron chi connectivity index (χ0n) is 13.1. The molecule has 1 amide bonds. The minimum absolute atomic E-state index is 0.0592. The van der Waals surface area contributed by atoms with Crippen molar-refractivity contribution in [2.45, 2.75) is 13.3 Å². The van der Waals surface area contributed by atoms with Crippen molar-refractivity contribution in [1.29, 1.82) is 0 Å². The number of nitrogens with one attached hydrogen (secondary N) is 1. The van der Waals surface area contributed by atoms with Crippen LogP contribution in [0.15, 0.2) is 41.3 Å². The van der Waals surface area contributed by atoms with E-state index in [4.69, 9.17) is 5.73 Å². The Labute approximate surface area is 134 Å². The smallest absolute Gasteiger partial charge is 0.261 e. The number of carbonyl (C=O) groups is 1. The molecule has 6 heteroatoms. The Morgan fingerprint density at radius 2 is 2.22 bits per heavy atom. The molecule has 1 aliphatic rings. The number of H-pyrrole nitrogens is 1. The molecule has 1 saturated heterocycles. The van der Waals surface area contributed by atoms with Crippen molar-refractivity contribution in [3.05, 3.63) is 52.4 Å². The van der Waals surface area contributed by atoms with Gasteiger partial charge in [-0.25, -0.2) is 0 Å². The largest absolute Gasteiger partial charge is 0.338 e. The van der Waals surface area contributed by atoms with E-state index in [9.17, 15) is 9.59 Å². The van der Waals surface area contributed by atoms with Gasteiger partial charge in [0.05, 0.1) is 11.4 Å². The molecule has 0 aromatic carbocycles. The number of nitrogens with zero attached hydrogens (tertiary/aromatic N) is 2. The van der Waals surface area contributed by atoms with Crippen LogP contribution in [0.25, 0.3) is 11.4 Å². The fourth-order valence-corrected chi connectivity index (χ4v) is 2.85. The van der Waals surface area contributed by atoms with Gasteiger partial charge in [0.1, 0.15) is 5.56 Å². The maximum Gasteiger partial charge on any atom is 0.261 e. The number of aromatic amines is 1. The van der Waals surface area contributed by atoms with Gasteiger partial charge in [-0.05, 0) is 42.6 Å². The number of hydrogen-bond donors (Lipinski definition) is 2. The van der Waals surface area contributed by atoms with Crippen LogP contribution in [0, 0.1) is 5.41 Å². The highest BCUT2D eigenvalue weighted by molar-refractivity contribution is 5.94. The van der Waals surface area contributed by atoms with E-state index in [0.29, 0.717) is 31.0 Å². The summed E-state index contributed by atoms with van der Waals surface area (Å²) in [6.07, 6.45) is 2.52. The molecule has 1 unspecified atom stereocenters. The second kappa shape index (κ2) is 5.96. The topological polar surface area (TPSA) is 92.1 Å². The number of likely N-dealkylation sites (tertiary alicyclic amines) is 1. The van der Waals surface area contributed by atoms with Gasteiger partial charge < -0.3 is 15.6 Å². The molecule has 2 aromatic rings. The Balaban J connectivity index is 1.84. The average Bonchev–Trinajstić information content (AvgIpc) is 2.98. The molecular weight excluding hydrogens is 292 g/mol. The molecule has 3 N–H and O–H groups in total. The van der Waals surface area contributed by atoms with Crippen LogP contribution in [0.5, 0.6) is 0 Å². The first kappa shape index (κ1) is 15.4. The Bertz CT molecular complexity index is 772. The molecule has 0 radical (unpaired) electrons. The minimum atomic E-state index is -0.389. The molecule has 3 rings (SSSR count). The number of rotatable bonds is 3. The summed E-state index contributed by atoms with van der Waals surface area (Å²) in [6.45, 7) is 3.82. The Morgan fingerprint density at radius 1 is 1.39 bits per heavy atom. The van der Waals surface area contributed by atoms with Crippen LogP contribution >= 0.6 is 0 Å². The molecule has 3 heterocycles. The molecule has 2 aromatic heterocycles. The maximum atomic E-state index is 12.6. The summed E-state index contributed by atoms with van der Waals surface area (Å²) < 4.78 is 0. The quantitative estimate of drug-likeness (QED) is 0.892. The number of aromatic nitrogens is 2. The Morgan fingerprint density at radius 3 is 2.83 bits per heavy atom. The van der Waals surface area contributed by atoms with Crippen LogP contribution in [0.1, 0.15) is 23.7 Å². The van der Waals surface area contributed by atoms with E-state index >= 15 is 0 Å². The normalized spacial score (nSPS) is 20.7. The van der Waals surface area contributed by atoms with Gasteiger partial charge in [0.2, 0.25) is 0 Å². The minimum Gasteiger partial charge on any atom is -0.338 e. The van der Waals surface area contributed by atoms with E-state index < -0.39 is 0 Å². The number of nitrogens with two attached hydrogens (primary N) is 1. The summed E-state index contributed by atoms with van der Waals surface area (Å²) in [5.41, 5.74) is 6.74. The van der Waals surface area contributed by atoms with Crippen molar-refractivity contribution in [3.63, 3.8) is 0 Å². The predicted octanol–water partition coefficient (Wildman–Crippen LogP) is 1.25. The van der Waals surface area contributed by atoms with Crippen LogP contribution in [-0.2, 0) is 0 Å². The molecule has 0 saturated carbocycles. The van der Waals surface area contributed by atoms with Gasteiger partial charge in [-0.15, -0.1) is 0 Å². The SMILES string of the molecule is CC1(CN)CCN(C(=O)c2ccc(-c3ccccn3)[nH]c2=O)C1.